The van der Waals surface area contributed by atoms with E-state index in [4.69, 9.17) is 4.42 Å². The third-order valence-corrected chi connectivity index (χ3v) is 7.83. The predicted molar refractivity (Wildman–Crippen MR) is 164 cm³/mol. The Morgan fingerprint density at radius 3 is 1.82 bits per heavy atom. The van der Waals surface area contributed by atoms with Gasteiger partial charge >= 0.3 is 0 Å². The Hall–Kier alpha value is -5.59. The molecule has 8 rings (SSSR count). The summed E-state index contributed by atoms with van der Waals surface area (Å²) in [5, 5.41) is 14.0. The van der Waals surface area contributed by atoms with E-state index in [1.165, 1.54) is 21.8 Å². The number of benzene rings is 6. The molecule has 40 heavy (non-hydrogen) atoms. The highest BCUT2D eigenvalue weighted by Gasteiger charge is 2.16. The highest BCUT2D eigenvalue weighted by atomic mass is 16.3. The molecule has 0 N–H and O–H groups in total. The van der Waals surface area contributed by atoms with Gasteiger partial charge in [0.2, 0.25) is 0 Å². The maximum absolute atomic E-state index is 9.37. The lowest BCUT2D eigenvalue weighted by atomic mass is 9.98. The van der Waals surface area contributed by atoms with E-state index in [0.717, 1.165) is 49.9 Å². The number of para-hydroxylation sites is 3. The van der Waals surface area contributed by atoms with Gasteiger partial charge < -0.3 is 8.98 Å². The average Bonchev–Trinajstić information content (AvgIpc) is 3.56. The monoisotopic (exact) mass is 510 g/mol. The molecule has 3 heteroatoms. The SMILES string of the molecule is N#Cc1cccc(-c2ccc3oc4ccc(-c5ccccc5-n5c6ccccc6c6ccccc65)cc4c3c2)c1. The number of rotatable bonds is 3. The summed E-state index contributed by atoms with van der Waals surface area (Å²) in [7, 11) is 0. The fourth-order valence-electron chi connectivity index (χ4n) is 5.99. The topological polar surface area (TPSA) is 41.9 Å². The molecule has 8 aromatic rings. The fourth-order valence-corrected chi connectivity index (χ4v) is 5.99. The van der Waals surface area contributed by atoms with Gasteiger partial charge in [-0.05, 0) is 71.3 Å². The normalized spacial score (nSPS) is 11.5. The molecule has 2 heterocycles. The lowest BCUT2D eigenvalue weighted by molar-refractivity contribution is 0.669. The molecule has 0 aliphatic rings. The summed E-state index contributed by atoms with van der Waals surface area (Å²) in [5.74, 6) is 0. The molecule has 186 valence electrons. The number of nitriles is 1. The highest BCUT2D eigenvalue weighted by Crippen LogP contribution is 2.39. The first-order chi connectivity index (χ1) is 19.8. The second-order valence-corrected chi connectivity index (χ2v) is 10.1. The van der Waals surface area contributed by atoms with Crippen molar-refractivity contribution >= 4 is 43.7 Å². The number of nitrogens with zero attached hydrogens (tertiary/aromatic N) is 2. The van der Waals surface area contributed by atoms with Crippen molar-refractivity contribution in [3.05, 3.63) is 139 Å². The Kier molecular flexibility index (Phi) is 4.89. The summed E-state index contributed by atoms with van der Waals surface area (Å²) in [4.78, 5) is 0. The van der Waals surface area contributed by atoms with Gasteiger partial charge in [-0.2, -0.15) is 5.26 Å². The Morgan fingerprint density at radius 2 is 1.10 bits per heavy atom. The van der Waals surface area contributed by atoms with Gasteiger partial charge in [-0.25, -0.2) is 0 Å². The summed E-state index contributed by atoms with van der Waals surface area (Å²) < 4.78 is 8.61. The molecule has 0 bridgehead atoms. The van der Waals surface area contributed by atoms with Gasteiger partial charge in [0.25, 0.3) is 0 Å². The zero-order valence-electron chi connectivity index (χ0n) is 21.5. The third-order valence-electron chi connectivity index (χ3n) is 7.83. The van der Waals surface area contributed by atoms with E-state index in [-0.39, 0.29) is 0 Å². The molecule has 0 aliphatic carbocycles. The molecular formula is C37H22N2O. The molecule has 0 radical (unpaired) electrons. The van der Waals surface area contributed by atoms with Gasteiger partial charge in [-0.3, -0.25) is 0 Å². The van der Waals surface area contributed by atoms with Gasteiger partial charge in [-0.15, -0.1) is 0 Å². The summed E-state index contributed by atoms with van der Waals surface area (Å²) in [6.07, 6.45) is 0. The van der Waals surface area contributed by atoms with Crippen molar-refractivity contribution in [2.75, 3.05) is 0 Å². The molecule has 0 unspecified atom stereocenters. The van der Waals surface area contributed by atoms with Crippen LogP contribution in [0.3, 0.4) is 0 Å². The smallest absolute Gasteiger partial charge is 0.135 e. The molecule has 0 saturated heterocycles. The second-order valence-electron chi connectivity index (χ2n) is 10.1. The standard InChI is InChI=1S/C37H22N2O/c38-23-24-8-7-9-25(20-24)26-16-18-36-31(21-26)32-22-27(17-19-37(32)40-36)28-10-1-4-13-33(28)39-34-14-5-2-11-29(34)30-12-3-6-15-35(30)39/h1-22H. The molecule has 2 aromatic heterocycles. The minimum Gasteiger partial charge on any atom is -0.456 e. The molecular weight excluding hydrogens is 488 g/mol. The summed E-state index contributed by atoms with van der Waals surface area (Å²) in [6.45, 7) is 0. The summed E-state index contributed by atoms with van der Waals surface area (Å²) >= 11 is 0. The number of aromatic nitrogens is 1. The van der Waals surface area contributed by atoms with Gasteiger partial charge in [0.05, 0.1) is 28.4 Å². The first-order valence-corrected chi connectivity index (χ1v) is 13.3. The van der Waals surface area contributed by atoms with Crippen LogP contribution in [0.5, 0.6) is 0 Å². The van der Waals surface area contributed by atoms with Crippen molar-refractivity contribution in [2.24, 2.45) is 0 Å². The van der Waals surface area contributed by atoms with Crippen LogP contribution < -0.4 is 0 Å². The minimum atomic E-state index is 0.651. The Morgan fingerprint density at radius 1 is 0.500 bits per heavy atom. The van der Waals surface area contributed by atoms with Crippen LogP contribution in [-0.4, -0.2) is 4.57 Å². The van der Waals surface area contributed by atoms with Crippen molar-refractivity contribution in [3.63, 3.8) is 0 Å². The van der Waals surface area contributed by atoms with Crippen LogP contribution in [0.15, 0.2) is 138 Å². The molecule has 0 amide bonds. The van der Waals surface area contributed by atoms with Crippen molar-refractivity contribution in [1.82, 2.24) is 4.57 Å². The first-order valence-electron chi connectivity index (χ1n) is 13.3. The second kappa shape index (κ2) is 8.73. The molecule has 0 fully saturated rings. The largest absolute Gasteiger partial charge is 0.456 e. The van der Waals surface area contributed by atoms with Gasteiger partial charge in [0.1, 0.15) is 11.2 Å². The van der Waals surface area contributed by atoms with Gasteiger partial charge in [-0.1, -0.05) is 78.9 Å². The van der Waals surface area contributed by atoms with Crippen LogP contribution in [0.1, 0.15) is 5.56 Å². The lowest BCUT2D eigenvalue weighted by Gasteiger charge is -2.14. The molecule has 0 spiro atoms. The Bertz CT molecular complexity index is 2240. The first kappa shape index (κ1) is 22.4. The highest BCUT2D eigenvalue weighted by molar-refractivity contribution is 6.10. The molecule has 0 saturated carbocycles. The predicted octanol–water partition coefficient (Wildman–Crippen LogP) is 9.89. The van der Waals surface area contributed by atoms with Crippen LogP contribution >= 0.6 is 0 Å². The zero-order valence-corrected chi connectivity index (χ0v) is 21.5. The van der Waals surface area contributed by atoms with E-state index in [1.54, 1.807) is 0 Å². The van der Waals surface area contributed by atoms with E-state index in [0.29, 0.717) is 5.56 Å². The number of hydrogen-bond acceptors (Lipinski definition) is 2. The van der Waals surface area contributed by atoms with E-state index in [9.17, 15) is 5.26 Å². The molecule has 6 aromatic carbocycles. The average molecular weight is 511 g/mol. The van der Waals surface area contributed by atoms with Crippen LogP contribution in [0.25, 0.3) is 71.7 Å². The van der Waals surface area contributed by atoms with Crippen molar-refractivity contribution in [2.45, 2.75) is 0 Å². The summed E-state index contributed by atoms with van der Waals surface area (Å²) in [5.41, 5.74) is 10.2. The van der Waals surface area contributed by atoms with Crippen molar-refractivity contribution in [1.29, 1.82) is 5.26 Å². The van der Waals surface area contributed by atoms with Crippen molar-refractivity contribution < 1.29 is 4.42 Å². The molecule has 0 aliphatic heterocycles. The minimum absolute atomic E-state index is 0.651. The maximum atomic E-state index is 9.37. The van der Waals surface area contributed by atoms with Crippen LogP contribution in [0.4, 0.5) is 0 Å². The van der Waals surface area contributed by atoms with Crippen LogP contribution in [-0.2, 0) is 0 Å². The van der Waals surface area contributed by atoms with E-state index < -0.39 is 0 Å². The van der Waals surface area contributed by atoms with E-state index >= 15 is 0 Å². The summed E-state index contributed by atoms with van der Waals surface area (Å²) in [6, 6.07) is 48.5. The fraction of sp³-hybridized carbons (Fsp3) is 0. The third kappa shape index (κ3) is 3.37. The van der Waals surface area contributed by atoms with Crippen LogP contribution in [0.2, 0.25) is 0 Å². The number of furan rings is 1. The maximum Gasteiger partial charge on any atom is 0.135 e. The van der Waals surface area contributed by atoms with E-state index in [1.807, 2.05) is 30.3 Å². The lowest BCUT2D eigenvalue weighted by Crippen LogP contribution is -1.96. The van der Waals surface area contributed by atoms with E-state index in [2.05, 4.69) is 114 Å². The Labute approximate surface area is 230 Å². The number of hydrogen-bond donors (Lipinski definition) is 0. The quantitative estimate of drug-likeness (QED) is 0.237. The van der Waals surface area contributed by atoms with Gasteiger partial charge in [0, 0.05) is 27.1 Å². The van der Waals surface area contributed by atoms with Gasteiger partial charge in [0.15, 0.2) is 0 Å². The zero-order chi connectivity index (χ0) is 26.6. The molecule has 0 atom stereocenters. The van der Waals surface area contributed by atoms with Crippen molar-refractivity contribution in [3.8, 4) is 34.0 Å². The van der Waals surface area contributed by atoms with Crippen LogP contribution in [0, 0.1) is 11.3 Å². The molecule has 3 nitrogen and oxygen atoms in total. The Balaban J connectivity index is 1.34. The number of fused-ring (bicyclic) bond motifs is 6.